The summed E-state index contributed by atoms with van der Waals surface area (Å²) in [5.41, 5.74) is 0. The number of aromatic nitrogens is 1. The van der Waals surface area contributed by atoms with E-state index in [9.17, 15) is 4.79 Å². The first-order chi connectivity index (χ1) is 6.65. The predicted molar refractivity (Wildman–Crippen MR) is 61.7 cm³/mol. The van der Waals surface area contributed by atoms with Gasteiger partial charge in [0.1, 0.15) is 5.01 Å². The monoisotopic (exact) mass is 276 g/mol. The Balaban J connectivity index is 2.61. The largest absolute Gasteiger partial charge is 0.346 e. The van der Waals surface area contributed by atoms with Crippen LogP contribution in [0.2, 0.25) is 0 Å². The van der Waals surface area contributed by atoms with Crippen molar-refractivity contribution in [3.63, 3.8) is 0 Å². The average Bonchev–Trinajstić information content (AvgIpc) is 2.66. The van der Waals surface area contributed by atoms with Crippen LogP contribution in [0.4, 0.5) is 0 Å². The average molecular weight is 277 g/mol. The van der Waals surface area contributed by atoms with Gasteiger partial charge in [0.25, 0.3) is 0 Å². The van der Waals surface area contributed by atoms with Crippen LogP contribution in [0.1, 0.15) is 31.3 Å². The van der Waals surface area contributed by atoms with Crippen molar-refractivity contribution in [2.45, 2.75) is 31.1 Å². The molecule has 1 aromatic rings. The number of carbonyl (C=O) groups excluding carboxylic acids is 1. The molecular weight excluding hydrogens is 264 g/mol. The Morgan fingerprint density at radius 3 is 2.93 bits per heavy atom. The van der Waals surface area contributed by atoms with Crippen molar-refractivity contribution in [1.29, 1.82) is 0 Å². The maximum absolute atomic E-state index is 11.4. The molecule has 0 spiro atoms. The second kappa shape index (κ2) is 5.46. The Kier molecular flexibility index (Phi) is 4.54. The van der Waals surface area contributed by atoms with Crippen LogP contribution >= 0.6 is 27.3 Å². The molecule has 0 aliphatic carbocycles. The molecular formula is C9H13BrN2OS. The van der Waals surface area contributed by atoms with Crippen molar-refractivity contribution in [2.24, 2.45) is 0 Å². The molecule has 0 aliphatic heterocycles. The number of alkyl halides is 1. The smallest absolute Gasteiger partial charge is 0.234 e. The summed E-state index contributed by atoms with van der Waals surface area (Å²) in [5.74, 6) is 0.00653. The molecule has 2 atom stereocenters. The molecule has 14 heavy (non-hydrogen) atoms. The minimum atomic E-state index is -0.156. The van der Waals surface area contributed by atoms with E-state index < -0.39 is 0 Å². The Morgan fingerprint density at radius 1 is 1.79 bits per heavy atom. The zero-order valence-electron chi connectivity index (χ0n) is 8.16. The van der Waals surface area contributed by atoms with E-state index >= 15 is 0 Å². The Labute approximate surface area is 96.1 Å². The molecule has 0 aliphatic rings. The standard InChI is InChI=1S/C9H13BrN2OS/c1-3-7(9-11-4-5-14-9)12-8(13)6(2)10/h4-7H,3H2,1-2H3,(H,12,13). The molecule has 5 heteroatoms. The highest BCUT2D eigenvalue weighted by Crippen LogP contribution is 2.19. The van der Waals surface area contributed by atoms with Gasteiger partial charge in [0, 0.05) is 11.6 Å². The minimum Gasteiger partial charge on any atom is -0.346 e. The van der Waals surface area contributed by atoms with Gasteiger partial charge in [0.2, 0.25) is 5.91 Å². The Hall–Kier alpha value is -0.420. The van der Waals surface area contributed by atoms with E-state index in [0.29, 0.717) is 0 Å². The molecule has 0 bridgehead atoms. The van der Waals surface area contributed by atoms with Gasteiger partial charge in [-0.05, 0) is 13.3 Å². The van der Waals surface area contributed by atoms with Gasteiger partial charge in [0.15, 0.2) is 0 Å². The fourth-order valence-electron chi connectivity index (χ4n) is 1.03. The van der Waals surface area contributed by atoms with Crippen LogP contribution in [-0.2, 0) is 4.79 Å². The summed E-state index contributed by atoms with van der Waals surface area (Å²) in [6.07, 6.45) is 2.62. The number of halogens is 1. The highest BCUT2D eigenvalue weighted by Gasteiger charge is 2.17. The molecule has 1 amide bonds. The number of carbonyl (C=O) groups is 1. The highest BCUT2D eigenvalue weighted by atomic mass is 79.9. The molecule has 0 radical (unpaired) electrons. The van der Waals surface area contributed by atoms with Gasteiger partial charge in [-0.25, -0.2) is 4.98 Å². The number of amides is 1. The SMILES string of the molecule is CCC(NC(=O)C(C)Br)c1nccs1. The third-order valence-corrected chi connectivity index (χ3v) is 3.14. The lowest BCUT2D eigenvalue weighted by molar-refractivity contribution is -0.120. The van der Waals surface area contributed by atoms with E-state index in [1.54, 1.807) is 17.5 Å². The number of rotatable bonds is 4. The molecule has 0 saturated heterocycles. The van der Waals surface area contributed by atoms with Crippen LogP contribution in [0.15, 0.2) is 11.6 Å². The number of nitrogens with one attached hydrogen (secondary N) is 1. The molecule has 3 nitrogen and oxygen atoms in total. The fourth-order valence-corrected chi connectivity index (χ4v) is 1.94. The summed E-state index contributed by atoms with van der Waals surface area (Å²) in [4.78, 5) is 15.5. The fraction of sp³-hybridized carbons (Fsp3) is 0.556. The second-order valence-corrected chi connectivity index (χ2v) is 5.26. The van der Waals surface area contributed by atoms with Gasteiger partial charge in [-0.3, -0.25) is 4.79 Å². The highest BCUT2D eigenvalue weighted by molar-refractivity contribution is 9.10. The van der Waals surface area contributed by atoms with Crippen LogP contribution in [0.3, 0.4) is 0 Å². The summed E-state index contributed by atoms with van der Waals surface area (Å²) in [7, 11) is 0. The molecule has 1 rings (SSSR count). The first kappa shape index (κ1) is 11.7. The quantitative estimate of drug-likeness (QED) is 0.859. The van der Waals surface area contributed by atoms with E-state index in [0.717, 1.165) is 11.4 Å². The lowest BCUT2D eigenvalue weighted by Crippen LogP contribution is -2.32. The van der Waals surface area contributed by atoms with Crippen LogP contribution < -0.4 is 5.32 Å². The predicted octanol–water partition coefficient (Wildman–Crippen LogP) is 2.49. The van der Waals surface area contributed by atoms with Crippen molar-refractivity contribution in [1.82, 2.24) is 10.3 Å². The lowest BCUT2D eigenvalue weighted by Gasteiger charge is -2.15. The molecule has 0 fully saturated rings. The zero-order chi connectivity index (χ0) is 10.6. The van der Waals surface area contributed by atoms with Gasteiger partial charge < -0.3 is 5.32 Å². The minimum absolute atomic E-state index is 0.00653. The van der Waals surface area contributed by atoms with Crippen molar-refractivity contribution in [2.75, 3.05) is 0 Å². The van der Waals surface area contributed by atoms with Gasteiger partial charge in [-0.2, -0.15) is 0 Å². The first-order valence-electron chi connectivity index (χ1n) is 4.49. The maximum atomic E-state index is 11.4. The Morgan fingerprint density at radius 2 is 2.50 bits per heavy atom. The van der Waals surface area contributed by atoms with Gasteiger partial charge >= 0.3 is 0 Å². The van der Waals surface area contributed by atoms with Crippen molar-refractivity contribution >= 4 is 33.2 Å². The Bertz CT molecular complexity index is 287. The summed E-state index contributed by atoms with van der Waals surface area (Å²) in [6, 6.07) is 0.0440. The molecule has 1 N–H and O–H groups in total. The lowest BCUT2D eigenvalue weighted by atomic mass is 10.2. The van der Waals surface area contributed by atoms with Crippen LogP contribution in [-0.4, -0.2) is 15.7 Å². The van der Waals surface area contributed by atoms with Crippen molar-refractivity contribution < 1.29 is 4.79 Å². The molecule has 1 heterocycles. The van der Waals surface area contributed by atoms with Gasteiger partial charge in [0.05, 0.1) is 10.9 Å². The van der Waals surface area contributed by atoms with E-state index in [2.05, 4.69) is 26.2 Å². The topological polar surface area (TPSA) is 42.0 Å². The third-order valence-electron chi connectivity index (χ3n) is 1.84. The number of hydrogen-bond acceptors (Lipinski definition) is 3. The molecule has 78 valence electrons. The van der Waals surface area contributed by atoms with Crippen LogP contribution in [0.25, 0.3) is 0 Å². The van der Waals surface area contributed by atoms with E-state index in [1.165, 1.54) is 0 Å². The van der Waals surface area contributed by atoms with Crippen LogP contribution in [0.5, 0.6) is 0 Å². The summed E-state index contributed by atoms with van der Waals surface area (Å²) in [5, 5.41) is 5.82. The summed E-state index contributed by atoms with van der Waals surface area (Å²) >= 11 is 4.80. The third kappa shape index (κ3) is 3.06. The summed E-state index contributed by atoms with van der Waals surface area (Å²) in [6.45, 7) is 3.84. The zero-order valence-corrected chi connectivity index (χ0v) is 10.6. The molecule has 0 aromatic carbocycles. The summed E-state index contributed by atoms with van der Waals surface area (Å²) < 4.78 is 0. The second-order valence-electron chi connectivity index (χ2n) is 2.96. The van der Waals surface area contributed by atoms with Gasteiger partial charge in [-0.1, -0.05) is 22.9 Å². The van der Waals surface area contributed by atoms with Crippen LogP contribution in [0, 0.1) is 0 Å². The number of thiazole rings is 1. The maximum Gasteiger partial charge on any atom is 0.234 e. The van der Waals surface area contributed by atoms with E-state index in [4.69, 9.17) is 0 Å². The van der Waals surface area contributed by atoms with Gasteiger partial charge in [-0.15, -0.1) is 11.3 Å². The number of hydrogen-bond donors (Lipinski definition) is 1. The molecule has 1 aromatic heterocycles. The normalized spacial score (nSPS) is 14.8. The van der Waals surface area contributed by atoms with E-state index in [-0.39, 0.29) is 16.8 Å². The molecule has 2 unspecified atom stereocenters. The van der Waals surface area contributed by atoms with Crippen molar-refractivity contribution in [3.05, 3.63) is 16.6 Å². The van der Waals surface area contributed by atoms with Crippen molar-refractivity contribution in [3.8, 4) is 0 Å². The number of nitrogens with zero attached hydrogens (tertiary/aromatic N) is 1. The first-order valence-corrected chi connectivity index (χ1v) is 6.28. The molecule has 0 saturated carbocycles. The van der Waals surface area contributed by atoms with E-state index in [1.807, 2.05) is 19.2 Å².